The van der Waals surface area contributed by atoms with Crippen molar-refractivity contribution in [3.05, 3.63) is 60.0 Å². The summed E-state index contributed by atoms with van der Waals surface area (Å²) >= 11 is 1.25. The van der Waals surface area contributed by atoms with Gasteiger partial charge in [0.25, 0.3) is 10.0 Å². The van der Waals surface area contributed by atoms with E-state index in [2.05, 4.69) is 15.1 Å². The highest BCUT2D eigenvalue weighted by Crippen LogP contribution is 2.24. The normalized spacial score (nSPS) is 15.9. The molecule has 0 radical (unpaired) electrons. The van der Waals surface area contributed by atoms with Crippen LogP contribution in [0.3, 0.4) is 0 Å². The Bertz CT molecular complexity index is 950. The molecule has 1 aromatic carbocycles. The second-order valence-corrected chi connectivity index (χ2v) is 9.08. The van der Waals surface area contributed by atoms with Crippen LogP contribution in [0.5, 0.6) is 0 Å². The molecule has 0 saturated carbocycles. The van der Waals surface area contributed by atoms with Crippen molar-refractivity contribution in [2.45, 2.75) is 4.21 Å². The van der Waals surface area contributed by atoms with E-state index in [0.717, 1.165) is 17.1 Å². The fourth-order valence-electron chi connectivity index (χ4n) is 2.95. The van der Waals surface area contributed by atoms with E-state index in [1.165, 1.54) is 11.3 Å². The van der Waals surface area contributed by atoms with Crippen molar-refractivity contribution in [1.82, 2.24) is 14.5 Å². The fraction of sp³-hybridized carbons (Fsp3) is 0.222. The van der Waals surface area contributed by atoms with Crippen LogP contribution < -0.4 is 4.90 Å². The SMILES string of the molecule is O=S(=O)(c1cccs1)N1CCN(c2ccc(-c3ccccc3)nn2)CC1. The van der Waals surface area contributed by atoms with Gasteiger partial charge in [0.2, 0.25) is 0 Å². The number of anilines is 1. The molecule has 0 spiro atoms. The summed E-state index contributed by atoms with van der Waals surface area (Å²) in [6.07, 6.45) is 0. The largest absolute Gasteiger partial charge is 0.352 e. The zero-order valence-electron chi connectivity index (χ0n) is 14.0. The Morgan fingerprint density at radius 3 is 2.23 bits per heavy atom. The van der Waals surface area contributed by atoms with Crippen LogP contribution >= 0.6 is 11.3 Å². The van der Waals surface area contributed by atoms with Gasteiger partial charge < -0.3 is 4.90 Å². The van der Waals surface area contributed by atoms with Gasteiger partial charge in [-0.3, -0.25) is 0 Å². The molecule has 2 aromatic heterocycles. The van der Waals surface area contributed by atoms with Crippen molar-refractivity contribution in [3.63, 3.8) is 0 Å². The quantitative estimate of drug-likeness (QED) is 0.690. The Morgan fingerprint density at radius 1 is 0.846 bits per heavy atom. The van der Waals surface area contributed by atoms with Crippen LogP contribution in [0, 0.1) is 0 Å². The monoisotopic (exact) mass is 386 g/mol. The minimum absolute atomic E-state index is 0.401. The summed E-state index contributed by atoms with van der Waals surface area (Å²) in [6, 6.07) is 17.2. The molecule has 3 aromatic rings. The predicted molar refractivity (Wildman–Crippen MR) is 103 cm³/mol. The third-order valence-electron chi connectivity index (χ3n) is 4.37. The maximum Gasteiger partial charge on any atom is 0.252 e. The smallest absolute Gasteiger partial charge is 0.252 e. The molecule has 0 unspecified atom stereocenters. The summed E-state index contributed by atoms with van der Waals surface area (Å²) < 4.78 is 27.1. The van der Waals surface area contributed by atoms with Crippen LogP contribution in [0.1, 0.15) is 0 Å². The predicted octanol–water partition coefficient (Wildman–Crippen LogP) is 2.72. The van der Waals surface area contributed by atoms with Crippen molar-refractivity contribution in [2.75, 3.05) is 31.1 Å². The van der Waals surface area contributed by atoms with E-state index in [1.807, 2.05) is 42.5 Å². The molecule has 0 N–H and O–H groups in total. The van der Waals surface area contributed by atoms with Crippen LogP contribution in [0.25, 0.3) is 11.3 Å². The first-order valence-electron chi connectivity index (χ1n) is 8.32. The molecular formula is C18H18N4O2S2. The number of nitrogens with zero attached hydrogens (tertiary/aromatic N) is 4. The maximum atomic E-state index is 12.6. The Kier molecular flexibility index (Phi) is 4.71. The number of thiophene rings is 1. The molecule has 6 nitrogen and oxygen atoms in total. The average Bonchev–Trinajstić information content (AvgIpc) is 3.25. The Balaban J connectivity index is 1.44. The standard InChI is InChI=1S/C18H18N4O2S2/c23-26(24,18-7-4-14-25-18)22-12-10-21(11-13-22)17-9-8-16(19-20-17)15-5-2-1-3-6-15/h1-9,14H,10-13H2. The van der Waals surface area contributed by atoms with Crippen LogP contribution in [0.15, 0.2) is 64.2 Å². The molecule has 134 valence electrons. The van der Waals surface area contributed by atoms with Crippen molar-refractivity contribution >= 4 is 27.2 Å². The average molecular weight is 387 g/mol. The van der Waals surface area contributed by atoms with E-state index >= 15 is 0 Å². The van der Waals surface area contributed by atoms with Gasteiger partial charge in [-0.2, -0.15) is 4.31 Å². The van der Waals surface area contributed by atoms with Crippen molar-refractivity contribution < 1.29 is 8.42 Å². The number of aromatic nitrogens is 2. The molecule has 1 saturated heterocycles. The Morgan fingerprint density at radius 2 is 1.62 bits per heavy atom. The van der Waals surface area contributed by atoms with Crippen molar-refractivity contribution in [1.29, 1.82) is 0 Å². The van der Waals surface area contributed by atoms with E-state index in [-0.39, 0.29) is 0 Å². The molecule has 26 heavy (non-hydrogen) atoms. The lowest BCUT2D eigenvalue weighted by Crippen LogP contribution is -2.48. The van der Waals surface area contributed by atoms with Crippen LogP contribution in [0.2, 0.25) is 0 Å². The molecule has 0 bridgehead atoms. The minimum atomic E-state index is -3.38. The molecule has 0 amide bonds. The third-order valence-corrected chi connectivity index (χ3v) is 7.64. The lowest BCUT2D eigenvalue weighted by molar-refractivity contribution is 0.384. The number of rotatable bonds is 4. The van der Waals surface area contributed by atoms with Gasteiger partial charge >= 0.3 is 0 Å². The van der Waals surface area contributed by atoms with Crippen LogP contribution in [-0.2, 0) is 10.0 Å². The van der Waals surface area contributed by atoms with Gasteiger partial charge in [-0.15, -0.1) is 21.5 Å². The Labute approximate surface area is 156 Å². The summed E-state index contributed by atoms with van der Waals surface area (Å²) in [5, 5.41) is 10.4. The van der Waals surface area contributed by atoms with E-state index in [0.29, 0.717) is 30.4 Å². The number of benzene rings is 1. The first-order valence-corrected chi connectivity index (χ1v) is 10.6. The first kappa shape index (κ1) is 17.1. The van der Waals surface area contributed by atoms with Crippen LogP contribution in [-0.4, -0.2) is 49.1 Å². The highest BCUT2D eigenvalue weighted by Gasteiger charge is 2.29. The molecule has 1 aliphatic heterocycles. The van der Waals surface area contributed by atoms with Crippen LogP contribution in [0.4, 0.5) is 5.82 Å². The lowest BCUT2D eigenvalue weighted by atomic mass is 10.1. The lowest BCUT2D eigenvalue weighted by Gasteiger charge is -2.34. The number of piperazine rings is 1. The first-order chi connectivity index (χ1) is 12.6. The van der Waals surface area contributed by atoms with Gasteiger partial charge in [-0.05, 0) is 23.6 Å². The van der Waals surface area contributed by atoms with Gasteiger partial charge in [0.15, 0.2) is 5.82 Å². The fourth-order valence-corrected chi connectivity index (χ4v) is 5.52. The summed E-state index contributed by atoms with van der Waals surface area (Å²) in [4.78, 5) is 2.07. The minimum Gasteiger partial charge on any atom is -0.352 e. The van der Waals surface area contributed by atoms with Crippen molar-refractivity contribution in [3.8, 4) is 11.3 Å². The Hall–Kier alpha value is -2.29. The van der Waals surface area contributed by atoms with Gasteiger partial charge in [-0.1, -0.05) is 36.4 Å². The highest BCUT2D eigenvalue weighted by molar-refractivity contribution is 7.91. The van der Waals surface area contributed by atoms with E-state index in [9.17, 15) is 8.42 Å². The third kappa shape index (κ3) is 3.35. The molecule has 3 heterocycles. The molecule has 0 atom stereocenters. The zero-order valence-corrected chi connectivity index (χ0v) is 15.7. The van der Waals surface area contributed by atoms with E-state index < -0.39 is 10.0 Å². The molecule has 8 heteroatoms. The second kappa shape index (κ2) is 7.14. The van der Waals surface area contributed by atoms with Gasteiger partial charge in [-0.25, -0.2) is 8.42 Å². The van der Waals surface area contributed by atoms with Crippen molar-refractivity contribution in [2.24, 2.45) is 0 Å². The zero-order chi connectivity index (χ0) is 18.0. The van der Waals surface area contributed by atoms with Gasteiger partial charge in [0, 0.05) is 31.7 Å². The van der Waals surface area contributed by atoms with E-state index in [4.69, 9.17) is 0 Å². The molecule has 1 fully saturated rings. The second-order valence-electron chi connectivity index (χ2n) is 5.97. The molecule has 1 aliphatic rings. The van der Waals surface area contributed by atoms with E-state index in [1.54, 1.807) is 21.8 Å². The number of hydrogen-bond donors (Lipinski definition) is 0. The molecule has 0 aliphatic carbocycles. The topological polar surface area (TPSA) is 66.4 Å². The van der Waals surface area contributed by atoms with Gasteiger partial charge in [0.05, 0.1) is 5.69 Å². The summed E-state index contributed by atoms with van der Waals surface area (Å²) in [5.74, 6) is 0.776. The molecular weight excluding hydrogens is 368 g/mol. The summed E-state index contributed by atoms with van der Waals surface area (Å²) in [5.41, 5.74) is 1.85. The molecule has 4 rings (SSSR count). The summed E-state index contributed by atoms with van der Waals surface area (Å²) in [7, 11) is -3.38. The maximum absolute atomic E-state index is 12.6. The van der Waals surface area contributed by atoms with Gasteiger partial charge in [0.1, 0.15) is 4.21 Å². The highest BCUT2D eigenvalue weighted by atomic mass is 32.2. The number of hydrogen-bond acceptors (Lipinski definition) is 6. The summed E-state index contributed by atoms with van der Waals surface area (Å²) in [6.45, 7) is 2.10. The number of sulfonamides is 1.